The van der Waals surface area contributed by atoms with E-state index in [9.17, 15) is 22.8 Å². The molecule has 2 heterocycles. The number of aromatic amines is 1. The van der Waals surface area contributed by atoms with E-state index >= 15 is 0 Å². The highest BCUT2D eigenvalue weighted by atomic mass is 32.2. The van der Waals surface area contributed by atoms with Gasteiger partial charge in [0.05, 0.1) is 28.3 Å². The third kappa shape index (κ3) is 5.56. The summed E-state index contributed by atoms with van der Waals surface area (Å²) in [6.07, 6.45) is 3.60. The molecule has 34 heavy (non-hydrogen) atoms. The summed E-state index contributed by atoms with van der Waals surface area (Å²) in [6, 6.07) is 5.64. The molecule has 0 unspecified atom stereocenters. The largest absolute Gasteiger partial charge is 0.462 e. The molecule has 1 aliphatic rings. The van der Waals surface area contributed by atoms with Gasteiger partial charge in [-0.05, 0) is 57.4 Å². The van der Waals surface area contributed by atoms with E-state index in [1.54, 1.807) is 20.8 Å². The number of nitrogens with zero attached hydrogens (tertiary/aromatic N) is 1. The Labute approximate surface area is 199 Å². The van der Waals surface area contributed by atoms with Crippen molar-refractivity contribution in [3.63, 3.8) is 0 Å². The molecule has 0 amide bonds. The predicted octanol–water partition coefficient (Wildman–Crippen LogP) is 3.41. The number of carbonyl (C=O) groups excluding carboxylic acids is 3. The average molecular weight is 491 g/mol. The van der Waals surface area contributed by atoms with Crippen molar-refractivity contribution in [1.29, 1.82) is 0 Å². The number of ketones is 1. The molecule has 2 aromatic rings. The van der Waals surface area contributed by atoms with E-state index in [1.165, 1.54) is 28.6 Å². The molecular formula is C24H30N2O7S. The Kier molecular flexibility index (Phi) is 8.27. The van der Waals surface area contributed by atoms with Crippen LogP contribution in [0.25, 0.3) is 0 Å². The number of hydrogen-bond acceptors (Lipinski definition) is 7. The molecule has 0 radical (unpaired) electrons. The molecule has 1 saturated heterocycles. The summed E-state index contributed by atoms with van der Waals surface area (Å²) in [7, 11) is -3.73. The van der Waals surface area contributed by atoms with Crippen LogP contribution in [0.15, 0.2) is 29.2 Å². The van der Waals surface area contributed by atoms with E-state index in [0.717, 1.165) is 25.7 Å². The summed E-state index contributed by atoms with van der Waals surface area (Å²) >= 11 is 0. The molecule has 1 aromatic carbocycles. The number of aryl methyl sites for hydroxylation is 1. The van der Waals surface area contributed by atoms with Gasteiger partial charge in [-0.15, -0.1) is 0 Å². The Balaban J connectivity index is 1.71. The molecular weight excluding hydrogens is 460 g/mol. The Bertz CT molecular complexity index is 1180. The van der Waals surface area contributed by atoms with E-state index in [1.807, 2.05) is 0 Å². The number of Topliss-reactive ketones (excluding diaryl/α,β-unsaturated/α-hetero) is 1. The van der Waals surface area contributed by atoms with Gasteiger partial charge in [0.25, 0.3) is 0 Å². The van der Waals surface area contributed by atoms with Crippen molar-refractivity contribution in [3.05, 3.63) is 52.3 Å². The van der Waals surface area contributed by atoms with Crippen molar-refractivity contribution in [3.8, 4) is 0 Å². The van der Waals surface area contributed by atoms with Crippen molar-refractivity contribution in [2.45, 2.75) is 51.3 Å². The lowest BCUT2D eigenvalue weighted by Gasteiger charge is -2.20. The highest BCUT2D eigenvalue weighted by Crippen LogP contribution is 2.22. The van der Waals surface area contributed by atoms with Crippen LogP contribution in [0.5, 0.6) is 0 Å². The van der Waals surface area contributed by atoms with Gasteiger partial charge in [-0.1, -0.05) is 18.9 Å². The fourth-order valence-electron chi connectivity index (χ4n) is 4.04. The SMILES string of the molecule is CCOC(=O)c1c(C)[nH]c(C(=O)COC(=O)c2cccc(S(=O)(=O)N3CCCCCC3)c2)c1C. The van der Waals surface area contributed by atoms with Gasteiger partial charge >= 0.3 is 11.9 Å². The highest BCUT2D eigenvalue weighted by molar-refractivity contribution is 7.89. The maximum Gasteiger partial charge on any atom is 0.340 e. The van der Waals surface area contributed by atoms with E-state index < -0.39 is 34.4 Å². The van der Waals surface area contributed by atoms with Crippen molar-refractivity contribution in [2.24, 2.45) is 0 Å². The van der Waals surface area contributed by atoms with Gasteiger partial charge in [0.2, 0.25) is 15.8 Å². The number of benzene rings is 1. The minimum absolute atomic E-state index is 0.0186. The molecule has 0 saturated carbocycles. The van der Waals surface area contributed by atoms with E-state index in [-0.39, 0.29) is 28.3 Å². The Morgan fingerprint density at radius 3 is 2.32 bits per heavy atom. The lowest BCUT2D eigenvalue weighted by atomic mass is 10.1. The van der Waals surface area contributed by atoms with E-state index in [2.05, 4.69) is 4.98 Å². The predicted molar refractivity (Wildman–Crippen MR) is 125 cm³/mol. The minimum Gasteiger partial charge on any atom is -0.462 e. The van der Waals surface area contributed by atoms with Crippen molar-refractivity contribution in [2.75, 3.05) is 26.3 Å². The van der Waals surface area contributed by atoms with Crippen LogP contribution in [0.4, 0.5) is 0 Å². The Morgan fingerprint density at radius 1 is 1.00 bits per heavy atom. The molecule has 1 fully saturated rings. The average Bonchev–Trinajstić information content (AvgIpc) is 2.98. The van der Waals surface area contributed by atoms with Crippen LogP contribution in [-0.4, -0.2) is 61.7 Å². The normalized spacial score (nSPS) is 14.9. The fourth-order valence-corrected chi connectivity index (χ4v) is 5.60. The first-order chi connectivity index (χ1) is 16.2. The number of aromatic nitrogens is 1. The standard InChI is InChI=1S/C24H30N2O7S/c1-4-32-24(29)21-16(2)22(25-17(21)3)20(27)15-33-23(28)18-10-9-11-19(14-18)34(30,31)26-12-7-5-6-8-13-26/h9-11,14,25H,4-8,12-13,15H2,1-3H3. The second kappa shape index (κ2) is 11.0. The maximum absolute atomic E-state index is 13.0. The van der Waals surface area contributed by atoms with Crippen LogP contribution in [0.3, 0.4) is 0 Å². The molecule has 1 aromatic heterocycles. The summed E-state index contributed by atoms with van der Waals surface area (Å²) in [5, 5.41) is 0. The number of rotatable bonds is 8. The van der Waals surface area contributed by atoms with Crippen LogP contribution in [0, 0.1) is 13.8 Å². The summed E-state index contributed by atoms with van der Waals surface area (Å²) in [6.45, 7) is 5.50. The zero-order valence-corrected chi connectivity index (χ0v) is 20.5. The smallest absolute Gasteiger partial charge is 0.340 e. The molecule has 9 nitrogen and oxygen atoms in total. The molecule has 184 valence electrons. The first-order valence-corrected chi connectivity index (χ1v) is 12.8. The number of ether oxygens (including phenoxy) is 2. The number of nitrogens with one attached hydrogen (secondary N) is 1. The zero-order chi connectivity index (χ0) is 24.9. The topological polar surface area (TPSA) is 123 Å². The van der Waals surface area contributed by atoms with Crippen LogP contribution in [0.2, 0.25) is 0 Å². The molecule has 0 bridgehead atoms. The van der Waals surface area contributed by atoms with Crippen LogP contribution >= 0.6 is 0 Å². The van der Waals surface area contributed by atoms with Gasteiger partial charge in [0, 0.05) is 18.8 Å². The van der Waals surface area contributed by atoms with Gasteiger partial charge in [-0.3, -0.25) is 4.79 Å². The van der Waals surface area contributed by atoms with Crippen LogP contribution < -0.4 is 0 Å². The minimum atomic E-state index is -3.73. The molecule has 1 N–H and O–H groups in total. The number of esters is 2. The second-order valence-corrected chi connectivity index (χ2v) is 10.1. The molecule has 3 rings (SSSR count). The lowest BCUT2D eigenvalue weighted by Crippen LogP contribution is -2.32. The lowest BCUT2D eigenvalue weighted by molar-refractivity contribution is 0.0472. The number of sulfonamides is 1. The van der Waals surface area contributed by atoms with E-state index in [0.29, 0.717) is 24.3 Å². The Morgan fingerprint density at radius 2 is 1.68 bits per heavy atom. The monoisotopic (exact) mass is 490 g/mol. The van der Waals surface area contributed by atoms with Crippen molar-refractivity contribution < 1.29 is 32.3 Å². The van der Waals surface area contributed by atoms with Gasteiger partial charge in [0.15, 0.2) is 6.61 Å². The van der Waals surface area contributed by atoms with Crippen LogP contribution in [0.1, 0.15) is 75.1 Å². The fraction of sp³-hybridized carbons (Fsp3) is 0.458. The first kappa shape index (κ1) is 25.6. The number of hydrogen-bond donors (Lipinski definition) is 1. The zero-order valence-electron chi connectivity index (χ0n) is 19.7. The third-order valence-corrected chi connectivity index (χ3v) is 7.70. The highest BCUT2D eigenvalue weighted by Gasteiger charge is 2.27. The van der Waals surface area contributed by atoms with Gasteiger partial charge in [-0.25, -0.2) is 18.0 Å². The first-order valence-electron chi connectivity index (χ1n) is 11.3. The van der Waals surface area contributed by atoms with Gasteiger partial charge < -0.3 is 14.5 Å². The Hall–Kier alpha value is -2.98. The summed E-state index contributed by atoms with van der Waals surface area (Å²) in [4.78, 5) is 40.2. The molecule has 0 aliphatic carbocycles. The quantitative estimate of drug-likeness (QED) is 0.444. The third-order valence-electron chi connectivity index (χ3n) is 5.80. The second-order valence-electron chi connectivity index (χ2n) is 8.19. The van der Waals surface area contributed by atoms with Crippen LogP contribution in [-0.2, 0) is 19.5 Å². The number of carbonyl (C=O) groups is 3. The summed E-state index contributed by atoms with van der Waals surface area (Å²) in [5.74, 6) is -1.86. The van der Waals surface area contributed by atoms with Crippen molar-refractivity contribution in [1.82, 2.24) is 9.29 Å². The summed E-state index contributed by atoms with van der Waals surface area (Å²) < 4.78 is 37.7. The molecule has 1 aliphatic heterocycles. The molecule has 10 heteroatoms. The van der Waals surface area contributed by atoms with E-state index in [4.69, 9.17) is 9.47 Å². The van der Waals surface area contributed by atoms with Gasteiger partial charge in [0.1, 0.15) is 0 Å². The summed E-state index contributed by atoms with van der Waals surface area (Å²) in [5.41, 5.74) is 1.38. The number of H-pyrrole nitrogens is 1. The maximum atomic E-state index is 13.0. The molecule has 0 spiro atoms. The van der Waals surface area contributed by atoms with Gasteiger partial charge in [-0.2, -0.15) is 4.31 Å². The van der Waals surface area contributed by atoms with Crippen molar-refractivity contribution >= 4 is 27.7 Å². The molecule has 0 atom stereocenters.